The molecule has 1 aromatic carbocycles. The van der Waals surface area contributed by atoms with E-state index in [4.69, 9.17) is 5.84 Å². The van der Waals surface area contributed by atoms with Crippen molar-refractivity contribution in [3.05, 3.63) is 40.3 Å². The smallest absolute Gasteiger partial charge is 0.275 e. The van der Waals surface area contributed by atoms with Gasteiger partial charge in [0.25, 0.3) is 11.5 Å². The lowest BCUT2D eigenvalue weighted by Gasteiger charge is -2.08. The average Bonchev–Trinajstić information content (AvgIpc) is 2.41. The van der Waals surface area contributed by atoms with Crippen LogP contribution < -0.4 is 16.8 Å². The summed E-state index contributed by atoms with van der Waals surface area (Å²) in [6.45, 7) is 1.78. The molecule has 0 atom stereocenters. The highest BCUT2D eigenvalue weighted by Crippen LogP contribution is 2.13. The molecular weight excluding hydrogens is 232 g/mol. The number of rotatable bonds is 3. The summed E-state index contributed by atoms with van der Waals surface area (Å²) in [4.78, 5) is 23.4. The molecule has 0 aliphatic rings. The summed E-state index contributed by atoms with van der Waals surface area (Å²) in [5.41, 5.74) is 2.49. The lowest BCUT2D eigenvalue weighted by atomic mass is 10.1. The zero-order chi connectivity index (χ0) is 13.1. The van der Waals surface area contributed by atoms with Crippen LogP contribution in [0.15, 0.2) is 29.1 Å². The molecular formula is C12H14N4O2. The van der Waals surface area contributed by atoms with Crippen LogP contribution in [0.3, 0.4) is 0 Å². The van der Waals surface area contributed by atoms with E-state index in [0.29, 0.717) is 11.8 Å². The van der Waals surface area contributed by atoms with E-state index in [1.807, 2.05) is 24.5 Å². The maximum absolute atomic E-state index is 12.1. The number of aryl methyl sites for hydroxylation is 1. The van der Waals surface area contributed by atoms with E-state index < -0.39 is 5.91 Å². The van der Waals surface area contributed by atoms with Crippen molar-refractivity contribution in [1.82, 2.24) is 15.2 Å². The summed E-state index contributed by atoms with van der Waals surface area (Å²) in [6.07, 6.45) is 0.686. The second-order valence-electron chi connectivity index (χ2n) is 3.88. The molecule has 0 radical (unpaired) electrons. The summed E-state index contributed by atoms with van der Waals surface area (Å²) in [5, 5.41) is 5.59. The highest BCUT2D eigenvalue weighted by Gasteiger charge is 2.10. The minimum absolute atomic E-state index is 0.173. The summed E-state index contributed by atoms with van der Waals surface area (Å²) < 4.78 is 1.14. The molecule has 1 aromatic heterocycles. The number of fused-ring (bicyclic) bond motifs is 1. The van der Waals surface area contributed by atoms with E-state index in [9.17, 15) is 9.59 Å². The van der Waals surface area contributed by atoms with Crippen molar-refractivity contribution in [1.29, 1.82) is 0 Å². The largest absolute Gasteiger partial charge is 0.293 e. The van der Waals surface area contributed by atoms with E-state index in [-0.39, 0.29) is 12.1 Å². The molecule has 2 aromatic rings. The highest BCUT2D eigenvalue weighted by molar-refractivity contribution is 5.84. The van der Waals surface area contributed by atoms with Gasteiger partial charge in [-0.1, -0.05) is 25.1 Å². The number of hydrogen-bond acceptors (Lipinski definition) is 4. The molecule has 94 valence electrons. The number of hydrogen-bond donors (Lipinski definition) is 2. The van der Waals surface area contributed by atoms with E-state index in [2.05, 4.69) is 5.10 Å². The van der Waals surface area contributed by atoms with Gasteiger partial charge in [0.1, 0.15) is 6.54 Å². The molecule has 2 rings (SSSR count). The Labute approximate surface area is 103 Å². The SMILES string of the molecule is CCc1nn(CC(=O)NN)c(=O)c2ccccc12. The van der Waals surface area contributed by atoms with Crippen molar-refractivity contribution >= 4 is 16.7 Å². The zero-order valence-corrected chi connectivity index (χ0v) is 10.0. The molecule has 0 fully saturated rings. The molecule has 0 unspecified atom stereocenters. The second kappa shape index (κ2) is 4.97. The first-order valence-corrected chi connectivity index (χ1v) is 5.65. The molecule has 0 bridgehead atoms. The number of aromatic nitrogens is 2. The molecule has 0 saturated carbocycles. The number of nitrogens with zero attached hydrogens (tertiary/aromatic N) is 2. The molecule has 6 heteroatoms. The Morgan fingerprint density at radius 2 is 2.06 bits per heavy atom. The van der Waals surface area contributed by atoms with Gasteiger partial charge in [-0.05, 0) is 12.5 Å². The van der Waals surface area contributed by atoms with Crippen LogP contribution >= 0.6 is 0 Å². The van der Waals surface area contributed by atoms with Gasteiger partial charge < -0.3 is 0 Å². The van der Waals surface area contributed by atoms with Gasteiger partial charge in [0, 0.05) is 5.39 Å². The third kappa shape index (κ3) is 2.10. The average molecular weight is 246 g/mol. The fourth-order valence-corrected chi connectivity index (χ4v) is 1.86. The number of nitrogens with two attached hydrogens (primary N) is 1. The summed E-state index contributed by atoms with van der Waals surface area (Å²) in [5.74, 6) is 4.55. The Hall–Kier alpha value is -2.21. The number of carbonyl (C=O) groups is 1. The van der Waals surface area contributed by atoms with Gasteiger partial charge in [-0.2, -0.15) is 5.10 Å². The Morgan fingerprint density at radius 3 is 2.67 bits per heavy atom. The van der Waals surface area contributed by atoms with Crippen LogP contribution in [0.4, 0.5) is 0 Å². The van der Waals surface area contributed by atoms with Crippen molar-refractivity contribution < 1.29 is 4.79 Å². The normalized spacial score (nSPS) is 10.6. The van der Waals surface area contributed by atoms with Crippen molar-refractivity contribution in [2.24, 2.45) is 5.84 Å². The van der Waals surface area contributed by atoms with Gasteiger partial charge in [0.2, 0.25) is 0 Å². The van der Waals surface area contributed by atoms with Crippen LogP contribution in [0.2, 0.25) is 0 Å². The van der Waals surface area contributed by atoms with E-state index >= 15 is 0 Å². The molecule has 3 N–H and O–H groups in total. The van der Waals surface area contributed by atoms with Crippen LogP contribution in [0, 0.1) is 0 Å². The number of nitrogens with one attached hydrogen (secondary N) is 1. The van der Waals surface area contributed by atoms with Gasteiger partial charge in [0.05, 0.1) is 11.1 Å². The quantitative estimate of drug-likeness (QED) is 0.451. The van der Waals surface area contributed by atoms with Crippen molar-refractivity contribution in [3.63, 3.8) is 0 Å². The molecule has 6 nitrogen and oxygen atoms in total. The Kier molecular flexibility index (Phi) is 3.38. The molecule has 1 amide bonds. The fourth-order valence-electron chi connectivity index (χ4n) is 1.86. The number of benzene rings is 1. The van der Waals surface area contributed by atoms with Gasteiger partial charge in [0.15, 0.2) is 0 Å². The Morgan fingerprint density at radius 1 is 1.39 bits per heavy atom. The number of carbonyl (C=O) groups excluding carboxylic acids is 1. The summed E-state index contributed by atoms with van der Waals surface area (Å²) in [7, 11) is 0. The second-order valence-corrected chi connectivity index (χ2v) is 3.88. The molecule has 18 heavy (non-hydrogen) atoms. The van der Waals surface area contributed by atoms with Crippen molar-refractivity contribution in [3.8, 4) is 0 Å². The monoisotopic (exact) mass is 246 g/mol. The lowest BCUT2D eigenvalue weighted by molar-refractivity contribution is -0.121. The van der Waals surface area contributed by atoms with E-state index in [1.54, 1.807) is 12.1 Å². The maximum Gasteiger partial charge on any atom is 0.275 e. The van der Waals surface area contributed by atoms with E-state index in [1.165, 1.54) is 0 Å². The van der Waals surface area contributed by atoms with Crippen LogP contribution in [0.25, 0.3) is 10.8 Å². The first-order chi connectivity index (χ1) is 8.67. The van der Waals surface area contributed by atoms with Gasteiger partial charge >= 0.3 is 0 Å². The summed E-state index contributed by atoms with van der Waals surface area (Å²) in [6, 6.07) is 7.24. The lowest BCUT2D eigenvalue weighted by Crippen LogP contribution is -2.37. The fraction of sp³-hybridized carbons (Fsp3) is 0.250. The Balaban J connectivity index is 2.65. The van der Waals surface area contributed by atoms with Crippen LogP contribution in [-0.2, 0) is 17.8 Å². The maximum atomic E-state index is 12.1. The topological polar surface area (TPSA) is 90.0 Å². The predicted molar refractivity (Wildman–Crippen MR) is 67.7 cm³/mol. The molecule has 1 heterocycles. The minimum Gasteiger partial charge on any atom is -0.293 e. The van der Waals surface area contributed by atoms with Gasteiger partial charge in [-0.25, -0.2) is 10.5 Å². The first kappa shape index (κ1) is 12.3. The zero-order valence-electron chi connectivity index (χ0n) is 10.0. The van der Waals surface area contributed by atoms with Crippen molar-refractivity contribution in [2.45, 2.75) is 19.9 Å². The number of amides is 1. The highest BCUT2D eigenvalue weighted by atomic mass is 16.2. The first-order valence-electron chi connectivity index (χ1n) is 5.65. The van der Waals surface area contributed by atoms with Crippen LogP contribution in [-0.4, -0.2) is 15.7 Å². The molecule has 0 saturated heterocycles. The molecule has 0 aliphatic carbocycles. The molecule has 0 aliphatic heterocycles. The predicted octanol–water partition coefficient (Wildman–Crippen LogP) is -0.0512. The van der Waals surface area contributed by atoms with Crippen LogP contribution in [0.1, 0.15) is 12.6 Å². The third-order valence-corrected chi connectivity index (χ3v) is 2.73. The van der Waals surface area contributed by atoms with Crippen LogP contribution in [0.5, 0.6) is 0 Å². The Bertz CT molecular complexity index is 648. The minimum atomic E-state index is -0.457. The standard InChI is InChI=1S/C12H14N4O2/c1-2-10-8-5-3-4-6-9(8)12(18)16(15-10)7-11(17)14-13/h3-6H,2,7,13H2,1H3,(H,14,17). The van der Waals surface area contributed by atoms with E-state index in [0.717, 1.165) is 15.8 Å². The van der Waals surface area contributed by atoms with Gasteiger partial charge in [-0.3, -0.25) is 15.0 Å². The molecule has 0 spiro atoms. The van der Waals surface area contributed by atoms with Gasteiger partial charge in [-0.15, -0.1) is 0 Å². The van der Waals surface area contributed by atoms with Crippen molar-refractivity contribution in [2.75, 3.05) is 0 Å². The number of hydrazine groups is 1. The summed E-state index contributed by atoms with van der Waals surface area (Å²) >= 11 is 0. The third-order valence-electron chi connectivity index (χ3n) is 2.73.